The number of anilines is 1. The zero-order chi connectivity index (χ0) is 15.0. The van der Waals surface area contributed by atoms with E-state index in [9.17, 15) is 0 Å². The number of halogens is 3. The average molecular weight is 340 g/mol. The Bertz CT molecular complexity index is 797. The summed E-state index contributed by atoms with van der Waals surface area (Å²) in [5.41, 5.74) is 8.60. The monoisotopic (exact) mass is 338 g/mol. The number of hydrogen-bond donors (Lipinski definition) is 1. The fourth-order valence-electron chi connectivity index (χ4n) is 2.06. The van der Waals surface area contributed by atoms with Gasteiger partial charge >= 0.3 is 0 Å². The number of nitrogens with zero attached hydrogens (tertiary/aromatic N) is 1. The molecule has 0 radical (unpaired) electrons. The van der Waals surface area contributed by atoms with Crippen LogP contribution >= 0.6 is 34.8 Å². The van der Waals surface area contributed by atoms with Crippen molar-refractivity contribution >= 4 is 40.7 Å². The summed E-state index contributed by atoms with van der Waals surface area (Å²) in [5.74, 6) is 0.211. The summed E-state index contributed by atoms with van der Waals surface area (Å²) in [6.45, 7) is 0. The lowest BCUT2D eigenvalue weighted by molar-refractivity contribution is 0.439. The van der Waals surface area contributed by atoms with Crippen molar-refractivity contribution in [2.75, 3.05) is 5.73 Å². The summed E-state index contributed by atoms with van der Waals surface area (Å²) in [6.07, 6.45) is 0. The Hall–Kier alpha value is -1.68. The Labute approximate surface area is 136 Å². The third kappa shape index (κ3) is 2.72. The number of rotatable bonds is 2. The van der Waals surface area contributed by atoms with Gasteiger partial charge in [0.1, 0.15) is 5.69 Å². The molecule has 0 amide bonds. The molecule has 0 saturated carbocycles. The van der Waals surface area contributed by atoms with Crippen LogP contribution in [0, 0.1) is 0 Å². The van der Waals surface area contributed by atoms with Crippen LogP contribution in [0.1, 0.15) is 0 Å². The van der Waals surface area contributed by atoms with Crippen molar-refractivity contribution in [1.29, 1.82) is 0 Å². The van der Waals surface area contributed by atoms with E-state index in [1.165, 1.54) is 0 Å². The summed E-state index contributed by atoms with van der Waals surface area (Å²) < 4.78 is 5.12. The molecule has 2 N–H and O–H groups in total. The van der Waals surface area contributed by atoms with E-state index in [4.69, 9.17) is 45.1 Å². The van der Waals surface area contributed by atoms with Gasteiger partial charge in [-0.05, 0) is 35.9 Å². The fraction of sp³-hybridized carbons (Fsp3) is 0. The minimum atomic E-state index is 0.211. The molecule has 3 aromatic rings. The van der Waals surface area contributed by atoms with Crippen LogP contribution in [0.15, 0.2) is 47.0 Å². The van der Waals surface area contributed by atoms with E-state index in [0.717, 1.165) is 5.56 Å². The van der Waals surface area contributed by atoms with Gasteiger partial charge in [0.15, 0.2) is 0 Å². The third-order valence-electron chi connectivity index (χ3n) is 3.03. The van der Waals surface area contributed by atoms with E-state index >= 15 is 0 Å². The smallest absolute Gasteiger partial charge is 0.230 e. The van der Waals surface area contributed by atoms with Gasteiger partial charge < -0.3 is 10.3 Å². The van der Waals surface area contributed by atoms with Gasteiger partial charge in [-0.25, -0.2) is 0 Å². The summed E-state index contributed by atoms with van der Waals surface area (Å²) >= 11 is 18.2. The van der Waals surface area contributed by atoms with Gasteiger partial charge in [-0.15, -0.1) is 0 Å². The maximum Gasteiger partial charge on any atom is 0.230 e. The lowest BCUT2D eigenvalue weighted by Crippen LogP contribution is -1.88. The molecule has 0 fully saturated rings. The number of aromatic nitrogens is 1. The number of hydrogen-bond acceptors (Lipinski definition) is 3. The molecule has 0 atom stereocenters. The van der Waals surface area contributed by atoms with E-state index in [1.54, 1.807) is 30.3 Å². The minimum Gasteiger partial charge on any atom is -0.367 e. The predicted octanol–water partition coefficient (Wildman–Crippen LogP) is 5.55. The van der Waals surface area contributed by atoms with Gasteiger partial charge in [-0.1, -0.05) is 52.1 Å². The summed E-state index contributed by atoms with van der Waals surface area (Å²) in [7, 11) is 0. The summed E-state index contributed by atoms with van der Waals surface area (Å²) in [5, 5.41) is 5.72. The molecule has 21 heavy (non-hydrogen) atoms. The largest absolute Gasteiger partial charge is 0.367 e. The zero-order valence-electron chi connectivity index (χ0n) is 10.6. The predicted molar refractivity (Wildman–Crippen MR) is 86.8 cm³/mol. The van der Waals surface area contributed by atoms with Crippen LogP contribution in [0.3, 0.4) is 0 Å². The van der Waals surface area contributed by atoms with Crippen molar-refractivity contribution < 1.29 is 4.52 Å². The second-order valence-corrected chi connectivity index (χ2v) is 5.68. The highest BCUT2D eigenvalue weighted by molar-refractivity contribution is 6.35. The summed E-state index contributed by atoms with van der Waals surface area (Å²) in [6, 6.07) is 12.4. The standard InChI is InChI=1S/C15H9Cl3N2O/c16-9-3-1-8(2-4-9)13-14(20-21-15(13)19)11-7-10(17)5-6-12(11)18/h1-7H,19H2. The molecule has 106 valence electrons. The Morgan fingerprint density at radius 3 is 2.29 bits per heavy atom. The zero-order valence-corrected chi connectivity index (χ0v) is 12.9. The van der Waals surface area contributed by atoms with Crippen LogP contribution in [0.2, 0.25) is 15.1 Å². The molecule has 0 aliphatic rings. The van der Waals surface area contributed by atoms with Gasteiger partial charge in [0, 0.05) is 15.6 Å². The highest BCUT2D eigenvalue weighted by atomic mass is 35.5. The Kier molecular flexibility index (Phi) is 3.81. The average Bonchev–Trinajstić information content (AvgIpc) is 2.84. The first-order valence-corrected chi connectivity index (χ1v) is 7.16. The van der Waals surface area contributed by atoms with Gasteiger partial charge in [0.05, 0.1) is 10.6 Å². The minimum absolute atomic E-state index is 0.211. The fourth-order valence-corrected chi connectivity index (χ4v) is 2.57. The van der Waals surface area contributed by atoms with Crippen LogP contribution in [-0.2, 0) is 0 Å². The molecule has 0 aliphatic heterocycles. The maximum absolute atomic E-state index is 6.22. The molecule has 0 spiro atoms. The van der Waals surface area contributed by atoms with Crippen LogP contribution in [-0.4, -0.2) is 5.16 Å². The van der Waals surface area contributed by atoms with Crippen LogP contribution in [0.4, 0.5) is 5.88 Å². The van der Waals surface area contributed by atoms with Crippen molar-refractivity contribution in [3.8, 4) is 22.4 Å². The number of benzene rings is 2. The van der Waals surface area contributed by atoms with Crippen molar-refractivity contribution in [1.82, 2.24) is 5.16 Å². The molecular formula is C15H9Cl3N2O. The SMILES string of the molecule is Nc1onc(-c2cc(Cl)ccc2Cl)c1-c1ccc(Cl)cc1. The normalized spacial score (nSPS) is 10.8. The molecule has 2 aromatic carbocycles. The van der Waals surface area contributed by atoms with Crippen LogP contribution in [0.25, 0.3) is 22.4 Å². The van der Waals surface area contributed by atoms with Crippen molar-refractivity contribution in [3.63, 3.8) is 0 Å². The van der Waals surface area contributed by atoms with Crippen molar-refractivity contribution in [2.45, 2.75) is 0 Å². The molecular weight excluding hydrogens is 331 g/mol. The molecule has 0 saturated heterocycles. The maximum atomic E-state index is 6.22. The van der Waals surface area contributed by atoms with Gasteiger partial charge in [0.2, 0.25) is 5.88 Å². The molecule has 1 aromatic heterocycles. The second kappa shape index (κ2) is 5.60. The first-order chi connectivity index (χ1) is 10.1. The molecule has 0 aliphatic carbocycles. The topological polar surface area (TPSA) is 52.0 Å². The van der Waals surface area contributed by atoms with Crippen molar-refractivity contribution in [2.24, 2.45) is 0 Å². The lowest BCUT2D eigenvalue weighted by Gasteiger charge is -2.05. The molecule has 1 heterocycles. The highest BCUT2D eigenvalue weighted by Crippen LogP contribution is 2.40. The highest BCUT2D eigenvalue weighted by Gasteiger charge is 2.19. The molecule has 3 rings (SSSR count). The van der Waals surface area contributed by atoms with E-state index < -0.39 is 0 Å². The van der Waals surface area contributed by atoms with Crippen LogP contribution < -0.4 is 5.73 Å². The van der Waals surface area contributed by atoms with E-state index in [0.29, 0.717) is 31.9 Å². The van der Waals surface area contributed by atoms with Crippen LogP contribution in [0.5, 0.6) is 0 Å². The first kappa shape index (κ1) is 14.3. The first-order valence-electron chi connectivity index (χ1n) is 6.03. The Morgan fingerprint density at radius 2 is 1.57 bits per heavy atom. The van der Waals surface area contributed by atoms with Crippen molar-refractivity contribution in [3.05, 3.63) is 57.5 Å². The quantitative estimate of drug-likeness (QED) is 0.666. The molecule has 0 unspecified atom stereocenters. The molecule has 6 heteroatoms. The molecule has 3 nitrogen and oxygen atoms in total. The summed E-state index contributed by atoms with van der Waals surface area (Å²) in [4.78, 5) is 0. The van der Waals surface area contributed by atoms with Gasteiger partial charge in [-0.2, -0.15) is 0 Å². The van der Waals surface area contributed by atoms with Gasteiger partial charge in [0.25, 0.3) is 0 Å². The van der Waals surface area contributed by atoms with Gasteiger partial charge in [-0.3, -0.25) is 0 Å². The second-order valence-electron chi connectivity index (χ2n) is 4.40. The Balaban J connectivity index is 2.21. The van der Waals surface area contributed by atoms with E-state index in [-0.39, 0.29) is 5.88 Å². The lowest BCUT2D eigenvalue weighted by atomic mass is 10.0. The van der Waals surface area contributed by atoms with E-state index in [2.05, 4.69) is 5.16 Å². The Morgan fingerprint density at radius 1 is 0.905 bits per heavy atom. The third-order valence-corrected chi connectivity index (χ3v) is 3.85. The molecule has 0 bridgehead atoms. The number of nitrogens with two attached hydrogens (primary N) is 1. The number of nitrogen functional groups attached to an aromatic ring is 1. The van der Waals surface area contributed by atoms with E-state index in [1.807, 2.05) is 12.1 Å².